The van der Waals surface area contributed by atoms with Gasteiger partial charge in [-0.15, -0.1) is 0 Å². The van der Waals surface area contributed by atoms with Crippen molar-refractivity contribution in [1.82, 2.24) is 9.78 Å². The molecule has 0 aliphatic carbocycles. The highest BCUT2D eigenvalue weighted by molar-refractivity contribution is 6.34. The maximum absolute atomic E-state index is 11.7. The number of aromatic nitrogens is 2. The lowest BCUT2D eigenvalue weighted by Crippen LogP contribution is -2.07. The van der Waals surface area contributed by atoms with Crippen LogP contribution >= 0.6 is 11.6 Å². The highest BCUT2D eigenvalue weighted by Crippen LogP contribution is 2.32. The van der Waals surface area contributed by atoms with E-state index in [0.29, 0.717) is 22.1 Å². The van der Waals surface area contributed by atoms with Crippen molar-refractivity contribution in [2.24, 2.45) is 7.05 Å². The number of aryl methyl sites for hydroxylation is 1. The van der Waals surface area contributed by atoms with E-state index >= 15 is 0 Å². The van der Waals surface area contributed by atoms with E-state index in [1.54, 1.807) is 30.2 Å². The number of rotatable bonds is 3. The average Bonchev–Trinajstić information content (AvgIpc) is 2.77. The minimum absolute atomic E-state index is 0.274. The summed E-state index contributed by atoms with van der Waals surface area (Å²) in [7, 11) is 3.09. The third-order valence-corrected chi connectivity index (χ3v) is 2.79. The molecular weight excluding hydrogens is 268 g/mol. The number of hydrogen-bond acceptors (Lipinski definition) is 5. The van der Waals surface area contributed by atoms with Crippen LogP contribution in [0.2, 0.25) is 5.02 Å². The van der Waals surface area contributed by atoms with Crippen LogP contribution in [0, 0.1) is 0 Å². The van der Waals surface area contributed by atoms with E-state index in [9.17, 15) is 4.79 Å². The van der Waals surface area contributed by atoms with Crippen molar-refractivity contribution in [3.63, 3.8) is 0 Å². The normalized spacial score (nSPS) is 10.3. The number of carbonyl (C=O) groups is 1. The predicted octanol–water partition coefficient (Wildman–Crippen LogP) is 2.19. The Bertz CT molecular complexity index is 624. The van der Waals surface area contributed by atoms with E-state index in [4.69, 9.17) is 22.1 Å². The molecule has 0 aliphatic heterocycles. The van der Waals surface area contributed by atoms with Gasteiger partial charge in [-0.3, -0.25) is 4.68 Å². The van der Waals surface area contributed by atoms with Crippen molar-refractivity contribution >= 4 is 34.6 Å². The number of carbonyl (C=O) groups excluding carboxylic acids is 1. The molecular formula is C12H13ClN4O2. The molecule has 0 saturated carbocycles. The van der Waals surface area contributed by atoms with Crippen LogP contribution in [0.1, 0.15) is 10.4 Å². The Morgan fingerprint density at radius 3 is 2.84 bits per heavy atom. The summed E-state index contributed by atoms with van der Waals surface area (Å²) in [6.45, 7) is 0. The zero-order valence-corrected chi connectivity index (χ0v) is 11.2. The number of nitrogens with two attached hydrogens (primary N) is 1. The van der Waals surface area contributed by atoms with E-state index in [1.807, 2.05) is 0 Å². The third-order valence-electron chi connectivity index (χ3n) is 2.49. The van der Waals surface area contributed by atoms with Crippen molar-refractivity contribution < 1.29 is 9.53 Å². The molecule has 0 atom stereocenters. The number of nitrogen functional groups attached to an aromatic ring is 1. The Morgan fingerprint density at radius 1 is 1.53 bits per heavy atom. The van der Waals surface area contributed by atoms with Crippen molar-refractivity contribution in [3.8, 4) is 0 Å². The average molecular weight is 281 g/mol. The zero-order valence-electron chi connectivity index (χ0n) is 10.5. The number of nitrogens with zero attached hydrogens (tertiary/aromatic N) is 2. The second-order valence-electron chi connectivity index (χ2n) is 3.94. The quantitative estimate of drug-likeness (QED) is 0.665. The Kier molecular flexibility index (Phi) is 3.62. The first-order valence-electron chi connectivity index (χ1n) is 5.44. The molecule has 1 aromatic carbocycles. The molecule has 0 bridgehead atoms. The smallest absolute Gasteiger partial charge is 0.340 e. The second kappa shape index (κ2) is 5.19. The number of nitrogens with one attached hydrogen (secondary N) is 1. The highest BCUT2D eigenvalue weighted by atomic mass is 35.5. The van der Waals surface area contributed by atoms with Crippen LogP contribution < -0.4 is 11.1 Å². The molecule has 1 aromatic heterocycles. The summed E-state index contributed by atoms with van der Waals surface area (Å²) in [5, 5.41) is 7.39. The van der Waals surface area contributed by atoms with Crippen LogP contribution in [-0.2, 0) is 11.8 Å². The first kappa shape index (κ1) is 13.2. The lowest BCUT2D eigenvalue weighted by molar-refractivity contribution is 0.0602. The molecule has 3 N–H and O–H groups in total. The molecule has 0 aliphatic rings. The van der Waals surface area contributed by atoms with Gasteiger partial charge in [0.15, 0.2) is 0 Å². The Morgan fingerprint density at radius 2 is 2.26 bits per heavy atom. The Balaban J connectivity index is 2.45. The molecule has 1 heterocycles. The van der Waals surface area contributed by atoms with Gasteiger partial charge in [-0.2, -0.15) is 5.10 Å². The van der Waals surface area contributed by atoms with Crippen LogP contribution in [-0.4, -0.2) is 22.9 Å². The third kappa shape index (κ3) is 2.79. The van der Waals surface area contributed by atoms with Gasteiger partial charge in [0.05, 0.1) is 35.3 Å². The molecule has 0 radical (unpaired) electrons. The Labute approximate surface area is 115 Å². The van der Waals surface area contributed by atoms with Crippen LogP contribution in [0.25, 0.3) is 0 Å². The monoisotopic (exact) mass is 280 g/mol. The van der Waals surface area contributed by atoms with Crippen molar-refractivity contribution in [2.75, 3.05) is 18.2 Å². The number of halogens is 1. The van der Waals surface area contributed by atoms with Crippen LogP contribution in [0.4, 0.5) is 17.1 Å². The van der Waals surface area contributed by atoms with Gasteiger partial charge in [0.25, 0.3) is 0 Å². The van der Waals surface area contributed by atoms with Crippen LogP contribution in [0.15, 0.2) is 24.5 Å². The number of hydrogen-bond donors (Lipinski definition) is 2. The van der Waals surface area contributed by atoms with Gasteiger partial charge in [0, 0.05) is 18.9 Å². The second-order valence-corrected chi connectivity index (χ2v) is 4.35. The van der Waals surface area contributed by atoms with Crippen molar-refractivity contribution in [1.29, 1.82) is 0 Å². The van der Waals surface area contributed by atoms with E-state index < -0.39 is 5.97 Å². The van der Waals surface area contributed by atoms with Crippen molar-refractivity contribution in [3.05, 3.63) is 35.1 Å². The fraction of sp³-hybridized carbons (Fsp3) is 0.167. The fourth-order valence-corrected chi connectivity index (χ4v) is 1.93. The molecule has 2 rings (SSSR count). The molecule has 100 valence electrons. The largest absolute Gasteiger partial charge is 0.465 e. The molecule has 0 spiro atoms. The summed E-state index contributed by atoms with van der Waals surface area (Å²) >= 11 is 6.11. The molecule has 2 aromatic rings. The number of ether oxygens (including phenoxy) is 1. The lowest BCUT2D eigenvalue weighted by atomic mass is 10.1. The van der Waals surface area contributed by atoms with E-state index in [0.717, 1.165) is 0 Å². The van der Waals surface area contributed by atoms with Crippen molar-refractivity contribution in [2.45, 2.75) is 0 Å². The maximum atomic E-state index is 11.7. The summed E-state index contributed by atoms with van der Waals surface area (Å²) in [6, 6.07) is 3.07. The SMILES string of the molecule is COC(=O)c1cc(N)cc(Cl)c1Nc1cnn(C)c1. The molecule has 0 fully saturated rings. The molecule has 6 nitrogen and oxygen atoms in total. The van der Waals surface area contributed by atoms with E-state index in [1.165, 1.54) is 13.2 Å². The molecule has 0 saturated heterocycles. The van der Waals surface area contributed by atoms with Gasteiger partial charge in [-0.25, -0.2) is 4.79 Å². The first-order valence-corrected chi connectivity index (χ1v) is 5.82. The summed E-state index contributed by atoms with van der Waals surface area (Å²) in [5.74, 6) is -0.513. The minimum Gasteiger partial charge on any atom is -0.465 e. The van der Waals surface area contributed by atoms with E-state index in [-0.39, 0.29) is 5.56 Å². The lowest BCUT2D eigenvalue weighted by Gasteiger charge is -2.12. The number of methoxy groups -OCH3 is 1. The van der Waals surface area contributed by atoms with Gasteiger partial charge in [0.2, 0.25) is 0 Å². The molecule has 7 heteroatoms. The van der Waals surface area contributed by atoms with Gasteiger partial charge < -0.3 is 15.8 Å². The number of benzene rings is 1. The predicted molar refractivity (Wildman–Crippen MR) is 73.7 cm³/mol. The highest BCUT2D eigenvalue weighted by Gasteiger charge is 2.16. The Hall–Kier alpha value is -2.21. The van der Waals surface area contributed by atoms with Gasteiger partial charge >= 0.3 is 5.97 Å². The summed E-state index contributed by atoms with van der Waals surface area (Å²) in [4.78, 5) is 11.7. The van der Waals surface area contributed by atoms with Gasteiger partial charge in [-0.05, 0) is 12.1 Å². The number of anilines is 3. The van der Waals surface area contributed by atoms with Crippen LogP contribution in [0.5, 0.6) is 0 Å². The number of esters is 1. The molecule has 0 amide bonds. The standard InChI is InChI=1S/C12H13ClN4O2/c1-17-6-8(5-15-17)16-11-9(12(18)19-2)3-7(14)4-10(11)13/h3-6,16H,14H2,1-2H3. The van der Waals surface area contributed by atoms with Gasteiger partial charge in [-0.1, -0.05) is 11.6 Å². The van der Waals surface area contributed by atoms with Gasteiger partial charge in [0.1, 0.15) is 0 Å². The first-order chi connectivity index (χ1) is 9.01. The maximum Gasteiger partial charge on any atom is 0.340 e. The summed E-state index contributed by atoms with van der Waals surface area (Å²) < 4.78 is 6.35. The minimum atomic E-state index is -0.513. The zero-order chi connectivity index (χ0) is 14.0. The topological polar surface area (TPSA) is 82.2 Å². The van der Waals surface area contributed by atoms with E-state index in [2.05, 4.69) is 10.4 Å². The molecule has 19 heavy (non-hydrogen) atoms. The summed E-state index contributed by atoms with van der Waals surface area (Å²) in [5.41, 5.74) is 7.50. The summed E-state index contributed by atoms with van der Waals surface area (Å²) in [6.07, 6.45) is 3.38. The van der Waals surface area contributed by atoms with Crippen LogP contribution in [0.3, 0.4) is 0 Å². The fourth-order valence-electron chi connectivity index (χ4n) is 1.66. The molecule has 0 unspecified atom stereocenters.